The number of carbonyl (C=O) groups excluding carboxylic acids is 1. The van der Waals surface area contributed by atoms with Crippen LogP contribution in [0.5, 0.6) is 0 Å². The van der Waals surface area contributed by atoms with E-state index >= 15 is 0 Å². The van der Waals surface area contributed by atoms with Crippen molar-refractivity contribution < 1.29 is 40.9 Å². The molecule has 8 heavy (non-hydrogen) atoms. The van der Waals surface area contributed by atoms with Crippen molar-refractivity contribution in [3.8, 4) is 0 Å². The number of allylic oxidation sites excluding steroid dienone is 1. The molecule has 3 heteroatoms. The number of hydrogen-bond acceptors (Lipinski definition) is 2. The first kappa shape index (κ1) is 11.1. The first-order chi connectivity index (χ1) is 3.31. The number of aliphatic hydroxyl groups is 1. The quantitative estimate of drug-likeness (QED) is 0.266. The van der Waals surface area contributed by atoms with E-state index in [0.717, 1.165) is 12.3 Å². The fraction of sp³-hybridized carbons (Fsp3) is 0.400. The van der Waals surface area contributed by atoms with E-state index in [0.29, 0.717) is 6.42 Å². The van der Waals surface area contributed by atoms with Crippen LogP contribution in [0.15, 0.2) is 12.3 Å². The zero-order valence-electron chi connectivity index (χ0n) is 6.22. The summed E-state index contributed by atoms with van der Waals surface area (Å²) in [7, 11) is 0. The molecule has 0 saturated carbocycles. The van der Waals surface area contributed by atoms with Crippen molar-refractivity contribution in [1.29, 1.82) is 0 Å². The Morgan fingerprint density at radius 3 is 2.50 bits per heavy atom. The van der Waals surface area contributed by atoms with E-state index in [2.05, 4.69) is 0 Å². The summed E-state index contributed by atoms with van der Waals surface area (Å²) in [6.07, 6.45) is 2.35. The number of rotatable bonds is 2. The zero-order chi connectivity index (χ0) is 5.70. The molecular formula is C5H9NaO2. The van der Waals surface area contributed by atoms with Crippen molar-refractivity contribution >= 4 is 5.78 Å². The molecule has 0 spiro atoms. The summed E-state index contributed by atoms with van der Waals surface area (Å²) in [4.78, 5) is 10.2. The van der Waals surface area contributed by atoms with Crippen LogP contribution in [0.4, 0.5) is 0 Å². The summed E-state index contributed by atoms with van der Waals surface area (Å²) in [6, 6.07) is 0. The Morgan fingerprint density at radius 1 is 1.88 bits per heavy atom. The maximum atomic E-state index is 10.2. The molecule has 0 aliphatic rings. The third-order valence-electron chi connectivity index (χ3n) is 0.609. The molecule has 0 atom stereocenters. The standard InChI is InChI=1S/C5H8O2.Na.H/c1-2-5(7)3-4-6;;/h3-4,6H,2H2,1H3;;/q;+1;-1. The van der Waals surface area contributed by atoms with Gasteiger partial charge in [0.25, 0.3) is 0 Å². The van der Waals surface area contributed by atoms with Gasteiger partial charge in [-0.15, -0.1) is 0 Å². The minimum absolute atomic E-state index is 0. The molecule has 0 bridgehead atoms. The van der Waals surface area contributed by atoms with Crippen LogP contribution in [0, 0.1) is 0 Å². The fourth-order valence-electron chi connectivity index (χ4n) is 0.201. The van der Waals surface area contributed by atoms with Gasteiger partial charge < -0.3 is 6.53 Å². The van der Waals surface area contributed by atoms with Gasteiger partial charge in [0, 0.05) is 12.5 Å². The van der Waals surface area contributed by atoms with Gasteiger partial charge in [-0.2, -0.15) is 0 Å². The van der Waals surface area contributed by atoms with Crippen LogP contribution < -0.4 is 29.6 Å². The molecule has 42 valence electrons. The molecule has 0 amide bonds. The van der Waals surface area contributed by atoms with Crippen LogP contribution >= 0.6 is 0 Å². The van der Waals surface area contributed by atoms with E-state index in [9.17, 15) is 4.79 Å². The SMILES string of the molecule is CCC(=O)C=CO.[H-].[Na+]. The molecule has 0 saturated heterocycles. The Labute approximate surface area is 72.4 Å². The van der Waals surface area contributed by atoms with Gasteiger partial charge in [0.2, 0.25) is 0 Å². The van der Waals surface area contributed by atoms with Crippen LogP contribution in [0.1, 0.15) is 14.8 Å². The Hall–Kier alpha value is 0.210. The normalized spacial score (nSPS) is 8.62. The Kier molecular flexibility index (Phi) is 9.97. The molecule has 0 aromatic heterocycles. The maximum absolute atomic E-state index is 10.2. The van der Waals surface area contributed by atoms with E-state index in [4.69, 9.17) is 5.11 Å². The number of carbonyl (C=O) groups is 1. The van der Waals surface area contributed by atoms with Crippen LogP contribution in [-0.4, -0.2) is 10.9 Å². The van der Waals surface area contributed by atoms with Crippen molar-refractivity contribution in [3.63, 3.8) is 0 Å². The van der Waals surface area contributed by atoms with E-state index in [1.165, 1.54) is 0 Å². The summed E-state index contributed by atoms with van der Waals surface area (Å²) < 4.78 is 0. The molecule has 0 aliphatic carbocycles. The third-order valence-corrected chi connectivity index (χ3v) is 0.609. The topological polar surface area (TPSA) is 37.3 Å². The second kappa shape index (κ2) is 7.21. The van der Waals surface area contributed by atoms with Crippen molar-refractivity contribution in [2.24, 2.45) is 0 Å². The molecule has 2 nitrogen and oxygen atoms in total. The summed E-state index contributed by atoms with van der Waals surface area (Å²) >= 11 is 0. The molecule has 0 unspecified atom stereocenters. The van der Waals surface area contributed by atoms with Gasteiger partial charge in [0.1, 0.15) is 0 Å². The van der Waals surface area contributed by atoms with Crippen molar-refractivity contribution in [1.82, 2.24) is 0 Å². The summed E-state index contributed by atoms with van der Waals surface area (Å²) in [5.41, 5.74) is 0. The van der Waals surface area contributed by atoms with E-state index in [1.807, 2.05) is 0 Å². The number of aliphatic hydroxyl groups excluding tert-OH is 1. The van der Waals surface area contributed by atoms with Crippen molar-refractivity contribution in [2.75, 3.05) is 0 Å². The van der Waals surface area contributed by atoms with Gasteiger partial charge in [-0.3, -0.25) is 4.79 Å². The minimum atomic E-state index is -0.0532. The predicted octanol–water partition coefficient (Wildman–Crippen LogP) is -1.85. The van der Waals surface area contributed by atoms with Gasteiger partial charge in [0.15, 0.2) is 5.78 Å². The number of ketones is 1. The Bertz CT molecular complexity index is 93.0. The molecular weight excluding hydrogens is 115 g/mol. The van der Waals surface area contributed by atoms with E-state index < -0.39 is 0 Å². The van der Waals surface area contributed by atoms with Crippen LogP contribution in [0.2, 0.25) is 0 Å². The summed E-state index contributed by atoms with van der Waals surface area (Å²) in [5.74, 6) is -0.0532. The smallest absolute Gasteiger partial charge is 1.00 e. The van der Waals surface area contributed by atoms with Crippen LogP contribution in [0.3, 0.4) is 0 Å². The molecule has 1 N–H and O–H groups in total. The average Bonchev–Trinajstić information content (AvgIpc) is 1.68. The first-order valence-corrected chi connectivity index (χ1v) is 2.14. The Morgan fingerprint density at radius 2 is 2.38 bits per heavy atom. The molecule has 0 rings (SSSR count). The zero-order valence-corrected chi connectivity index (χ0v) is 7.22. The second-order valence-electron chi connectivity index (χ2n) is 1.14. The van der Waals surface area contributed by atoms with Crippen LogP contribution in [0.25, 0.3) is 0 Å². The first-order valence-electron chi connectivity index (χ1n) is 2.14. The van der Waals surface area contributed by atoms with Gasteiger partial charge in [-0.1, -0.05) is 6.92 Å². The van der Waals surface area contributed by atoms with Gasteiger partial charge in [-0.25, -0.2) is 0 Å². The molecule has 0 radical (unpaired) electrons. The summed E-state index contributed by atoms with van der Waals surface area (Å²) in [6.45, 7) is 1.74. The second-order valence-corrected chi connectivity index (χ2v) is 1.14. The van der Waals surface area contributed by atoms with E-state index in [1.54, 1.807) is 6.92 Å². The molecule has 0 fully saturated rings. The van der Waals surface area contributed by atoms with E-state index in [-0.39, 0.29) is 36.8 Å². The molecule has 0 aromatic rings. The molecule has 0 aromatic carbocycles. The average molecular weight is 124 g/mol. The Balaban J connectivity index is -0.000000180. The van der Waals surface area contributed by atoms with Crippen molar-refractivity contribution in [3.05, 3.63) is 12.3 Å². The maximum Gasteiger partial charge on any atom is 1.00 e. The predicted molar refractivity (Wildman–Crippen MR) is 28.2 cm³/mol. The van der Waals surface area contributed by atoms with Gasteiger partial charge in [0.05, 0.1) is 6.26 Å². The molecule has 0 heterocycles. The van der Waals surface area contributed by atoms with Gasteiger partial charge in [-0.05, 0) is 0 Å². The monoisotopic (exact) mass is 124 g/mol. The number of hydrogen-bond donors (Lipinski definition) is 1. The largest absolute Gasteiger partial charge is 1.00 e. The van der Waals surface area contributed by atoms with Crippen molar-refractivity contribution in [2.45, 2.75) is 13.3 Å². The summed E-state index contributed by atoms with van der Waals surface area (Å²) in [5, 5.41) is 7.97. The third kappa shape index (κ3) is 6.21. The fourth-order valence-corrected chi connectivity index (χ4v) is 0.201. The van der Waals surface area contributed by atoms with Gasteiger partial charge >= 0.3 is 29.6 Å². The molecule has 0 aliphatic heterocycles. The van der Waals surface area contributed by atoms with Crippen LogP contribution in [-0.2, 0) is 4.79 Å². The minimum Gasteiger partial charge on any atom is -1.00 e.